The van der Waals surface area contributed by atoms with E-state index in [0.717, 1.165) is 36.4 Å². The molecule has 0 spiro atoms. The van der Waals surface area contributed by atoms with Crippen molar-refractivity contribution in [3.8, 4) is 11.4 Å². The van der Waals surface area contributed by atoms with Gasteiger partial charge in [-0.15, -0.1) is 0 Å². The zero-order chi connectivity index (χ0) is 16.2. The Bertz CT molecular complexity index is 690. The lowest BCUT2D eigenvalue weighted by atomic mass is 10.1. The van der Waals surface area contributed by atoms with Crippen molar-refractivity contribution < 1.29 is 9.53 Å². The van der Waals surface area contributed by atoms with Crippen LogP contribution in [-0.2, 0) is 16.1 Å². The molecule has 1 aromatic heterocycles. The summed E-state index contributed by atoms with van der Waals surface area (Å²) in [5.74, 6) is 1.32. The Morgan fingerprint density at radius 1 is 1.39 bits per heavy atom. The maximum atomic E-state index is 12.2. The largest absolute Gasteiger partial charge is 0.376 e. The highest BCUT2D eigenvalue weighted by atomic mass is 16.5. The molecule has 122 valence electrons. The first-order chi connectivity index (χ1) is 11.1. The number of aromatic nitrogens is 3. The fourth-order valence-corrected chi connectivity index (χ4v) is 2.81. The van der Waals surface area contributed by atoms with E-state index in [-0.39, 0.29) is 18.6 Å². The van der Waals surface area contributed by atoms with Crippen LogP contribution in [-0.4, -0.2) is 39.9 Å². The number of carbonyl (C=O) groups is 1. The number of rotatable bonds is 5. The highest BCUT2D eigenvalue weighted by Gasteiger charge is 2.18. The van der Waals surface area contributed by atoms with Crippen molar-refractivity contribution in [3.05, 3.63) is 35.7 Å². The molecule has 1 N–H and O–H groups in total. The number of nitrogens with zero attached hydrogens (tertiary/aromatic N) is 3. The minimum absolute atomic E-state index is 0.0692. The molecule has 0 bridgehead atoms. The summed E-state index contributed by atoms with van der Waals surface area (Å²) < 4.78 is 7.19. The lowest BCUT2D eigenvalue weighted by Gasteiger charge is -2.12. The van der Waals surface area contributed by atoms with E-state index in [2.05, 4.69) is 15.4 Å². The first-order valence-corrected chi connectivity index (χ1v) is 7.99. The van der Waals surface area contributed by atoms with Crippen LogP contribution in [0.1, 0.15) is 24.2 Å². The molecular formula is C17H22N4O2. The molecule has 3 rings (SSSR count). The molecule has 2 heterocycles. The van der Waals surface area contributed by atoms with E-state index >= 15 is 0 Å². The average molecular weight is 314 g/mol. The molecule has 1 aliphatic rings. The molecule has 1 aliphatic heterocycles. The Hall–Kier alpha value is -2.21. The van der Waals surface area contributed by atoms with Gasteiger partial charge in [-0.3, -0.25) is 4.79 Å². The molecule has 0 radical (unpaired) electrons. The minimum Gasteiger partial charge on any atom is -0.376 e. The van der Waals surface area contributed by atoms with Gasteiger partial charge in [-0.25, -0.2) is 9.67 Å². The summed E-state index contributed by atoms with van der Waals surface area (Å²) in [6.45, 7) is 5.38. The zero-order valence-electron chi connectivity index (χ0n) is 13.6. The van der Waals surface area contributed by atoms with Crippen molar-refractivity contribution in [2.75, 3.05) is 13.2 Å². The van der Waals surface area contributed by atoms with Gasteiger partial charge in [0.2, 0.25) is 5.91 Å². The first kappa shape index (κ1) is 15.7. The van der Waals surface area contributed by atoms with Crippen LogP contribution >= 0.6 is 0 Å². The van der Waals surface area contributed by atoms with Gasteiger partial charge in [-0.05, 0) is 32.3 Å². The number of benzene rings is 1. The second-order valence-corrected chi connectivity index (χ2v) is 5.89. The van der Waals surface area contributed by atoms with Crippen LogP contribution in [0.3, 0.4) is 0 Å². The fourth-order valence-electron chi connectivity index (χ4n) is 2.81. The van der Waals surface area contributed by atoms with Crippen molar-refractivity contribution >= 4 is 5.91 Å². The van der Waals surface area contributed by atoms with Crippen molar-refractivity contribution in [2.24, 2.45) is 0 Å². The van der Waals surface area contributed by atoms with E-state index in [1.807, 2.05) is 38.1 Å². The smallest absolute Gasteiger partial charge is 0.241 e. The predicted molar refractivity (Wildman–Crippen MR) is 86.9 cm³/mol. The molecule has 1 aromatic carbocycles. The van der Waals surface area contributed by atoms with Gasteiger partial charge in [0.15, 0.2) is 5.82 Å². The predicted octanol–water partition coefficient (Wildman–Crippen LogP) is 1.86. The van der Waals surface area contributed by atoms with E-state index in [1.54, 1.807) is 4.68 Å². The first-order valence-electron chi connectivity index (χ1n) is 7.99. The monoisotopic (exact) mass is 314 g/mol. The normalized spacial score (nSPS) is 17.4. The van der Waals surface area contributed by atoms with E-state index in [0.29, 0.717) is 12.4 Å². The third-order valence-corrected chi connectivity index (χ3v) is 4.01. The topological polar surface area (TPSA) is 69.0 Å². The van der Waals surface area contributed by atoms with Crippen LogP contribution in [0.2, 0.25) is 0 Å². The molecule has 1 saturated heterocycles. The molecule has 23 heavy (non-hydrogen) atoms. The number of carbonyl (C=O) groups excluding carboxylic acids is 1. The number of ether oxygens (including phenoxy) is 1. The second-order valence-electron chi connectivity index (χ2n) is 5.89. The molecule has 1 atom stereocenters. The summed E-state index contributed by atoms with van der Waals surface area (Å²) in [6, 6.07) is 7.98. The number of hydrogen-bond donors (Lipinski definition) is 1. The Kier molecular flexibility index (Phi) is 4.71. The highest BCUT2D eigenvalue weighted by molar-refractivity contribution is 5.76. The fraction of sp³-hybridized carbons (Fsp3) is 0.471. The van der Waals surface area contributed by atoms with Gasteiger partial charge in [-0.2, -0.15) is 5.10 Å². The van der Waals surface area contributed by atoms with Crippen LogP contribution < -0.4 is 5.32 Å². The second kappa shape index (κ2) is 6.91. The quantitative estimate of drug-likeness (QED) is 0.914. The number of hydrogen-bond acceptors (Lipinski definition) is 4. The van der Waals surface area contributed by atoms with Crippen LogP contribution in [0.4, 0.5) is 0 Å². The number of aryl methyl sites for hydroxylation is 2. The summed E-state index contributed by atoms with van der Waals surface area (Å²) in [6.07, 6.45) is 2.23. The van der Waals surface area contributed by atoms with Crippen LogP contribution in [0.25, 0.3) is 11.4 Å². The summed E-state index contributed by atoms with van der Waals surface area (Å²) in [7, 11) is 0. The third kappa shape index (κ3) is 3.76. The molecule has 2 aromatic rings. The van der Waals surface area contributed by atoms with E-state index < -0.39 is 0 Å². The van der Waals surface area contributed by atoms with Crippen LogP contribution in [0, 0.1) is 13.8 Å². The van der Waals surface area contributed by atoms with Crippen LogP contribution in [0.5, 0.6) is 0 Å². The molecule has 1 fully saturated rings. The molecule has 1 unspecified atom stereocenters. The van der Waals surface area contributed by atoms with Crippen LogP contribution in [0.15, 0.2) is 24.3 Å². The highest BCUT2D eigenvalue weighted by Crippen LogP contribution is 2.21. The maximum absolute atomic E-state index is 12.2. The standard InChI is InChI=1S/C17H22N4O2/c1-12-6-3-4-8-15(12)17-19-13(2)20-21(17)11-16(22)18-10-14-7-5-9-23-14/h3-4,6,8,14H,5,7,9-11H2,1-2H3,(H,18,22). The Labute approximate surface area is 135 Å². The molecular weight excluding hydrogens is 292 g/mol. The van der Waals surface area contributed by atoms with E-state index in [9.17, 15) is 4.79 Å². The zero-order valence-corrected chi connectivity index (χ0v) is 13.6. The van der Waals surface area contributed by atoms with E-state index in [1.165, 1.54) is 0 Å². The Morgan fingerprint density at radius 2 is 2.22 bits per heavy atom. The molecule has 6 nitrogen and oxygen atoms in total. The number of amides is 1. The van der Waals surface area contributed by atoms with Crippen molar-refractivity contribution in [2.45, 2.75) is 39.3 Å². The van der Waals surface area contributed by atoms with Gasteiger partial charge in [0.25, 0.3) is 0 Å². The number of nitrogens with one attached hydrogen (secondary N) is 1. The van der Waals surface area contributed by atoms with Crippen molar-refractivity contribution in [1.82, 2.24) is 20.1 Å². The van der Waals surface area contributed by atoms with Gasteiger partial charge in [0, 0.05) is 18.7 Å². The molecule has 0 saturated carbocycles. The maximum Gasteiger partial charge on any atom is 0.241 e. The summed E-state index contributed by atoms with van der Waals surface area (Å²) in [5.41, 5.74) is 2.11. The van der Waals surface area contributed by atoms with Crippen molar-refractivity contribution in [1.29, 1.82) is 0 Å². The van der Waals surface area contributed by atoms with Gasteiger partial charge in [-0.1, -0.05) is 24.3 Å². The molecule has 1 amide bonds. The van der Waals surface area contributed by atoms with Gasteiger partial charge in [0.05, 0.1) is 6.10 Å². The summed E-state index contributed by atoms with van der Waals surface area (Å²) in [5, 5.41) is 7.28. The Morgan fingerprint density at radius 3 is 2.96 bits per heavy atom. The SMILES string of the molecule is Cc1nc(-c2ccccc2C)n(CC(=O)NCC2CCCO2)n1. The third-order valence-electron chi connectivity index (χ3n) is 4.01. The minimum atomic E-state index is -0.0692. The van der Waals surface area contributed by atoms with Gasteiger partial charge < -0.3 is 10.1 Å². The lowest BCUT2D eigenvalue weighted by molar-refractivity contribution is -0.122. The van der Waals surface area contributed by atoms with Gasteiger partial charge >= 0.3 is 0 Å². The van der Waals surface area contributed by atoms with Crippen molar-refractivity contribution in [3.63, 3.8) is 0 Å². The summed E-state index contributed by atoms with van der Waals surface area (Å²) in [4.78, 5) is 16.7. The lowest BCUT2D eigenvalue weighted by Crippen LogP contribution is -2.34. The Balaban J connectivity index is 1.70. The van der Waals surface area contributed by atoms with Gasteiger partial charge in [0.1, 0.15) is 12.4 Å². The molecule has 0 aliphatic carbocycles. The average Bonchev–Trinajstić information content (AvgIpc) is 3.15. The molecule has 6 heteroatoms. The summed E-state index contributed by atoms with van der Waals surface area (Å²) >= 11 is 0. The van der Waals surface area contributed by atoms with E-state index in [4.69, 9.17) is 4.74 Å².